The third-order valence-corrected chi connectivity index (χ3v) is 5.34. The second kappa shape index (κ2) is 9.49. The zero-order valence-corrected chi connectivity index (χ0v) is 19.7. The topological polar surface area (TPSA) is 163 Å². The smallest absolute Gasteiger partial charge is 0.417 e. The largest absolute Gasteiger partial charge is 0.450 e. The zero-order valence-electron chi connectivity index (χ0n) is 19.7. The number of anilines is 3. The summed E-state index contributed by atoms with van der Waals surface area (Å²) in [6, 6.07) is 2.76. The van der Waals surface area contributed by atoms with Crippen molar-refractivity contribution in [3.05, 3.63) is 64.2 Å². The molecule has 190 valence electrons. The first-order chi connectivity index (χ1) is 17.6. The van der Waals surface area contributed by atoms with Gasteiger partial charge >= 0.3 is 12.1 Å². The molecule has 0 amide bonds. The van der Waals surface area contributed by atoms with Gasteiger partial charge in [-0.15, -0.1) is 0 Å². The maximum absolute atomic E-state index is 13.3. The van der Waals surface area contributed by atoms with Crippen LogP contribution in [0.2, 0.25) is 0 Å². The number of alkyl halides is 3. The van der Waals surface area contributed by atoms with Gasteiger partial charge in [-0.3, -0.25) is 4.79 Å². The van der Waals surface area contributed by atoms with Crippen molar-refractivity contribution in [3.63, 3.8) is 0 Å². The molecule has 4 aromatic rings. The fourth-order valence-electron chi connectivity index (χ4n) is 3.58. The zero-order chi connectivity index (χ0) is 26.9. The van der Waals surface area contributed by atoms with Gasteiger partial charge in [-0.1, -0.05) is 0 Å². The average Bonchev–Trinajstić information content (AvgIpc) is 3.19. The number of nitrogens with two attached hydrogens (primary N) is 1. The van der Waals surface area contributed by atoms with E-state index in [1.165, 1.54) is 37.3 Å². The summed E-state index contributed by atoms with van der Waals surface area (Å²) in [5, 5.41) is 15.5. The summed E-state index contributed by atoms with van der Waals surface area (Å²) >= 11 is 0. The second-order valence-electron chi connectivity index (χ2n) is 7.66. The second-order valence-corrected chi connectivity index (χ2v) is 7.66. The Labute approximate surface area is 206 Å². The predicted molar refractivity (Wildman–Crippen MR) is 126 cm³/mol. The number of pyridine rings is 2. The summed E-state index contributed by atoms with van der Waals surface area (Å²) < 4.78 is 47.9. The third kappa shape index (κ3) is 4.59. The molecule has 15 heteroatoms. The van der Waals surface area contributed by atoms with Gasteiger partial charge in [-0.25, -0.2) is 29.8 Å². The Morgan fingerprint density at radius 2 is 2.05 bits per heavy atom. The van der Waals surface area contributed by atoms with E-state index in [0.717, 1.165) is 10.8 Å². The van der Waals surface area contributed by atoms with E-state index in [1.54, 1.807) is 7.05 Å². The fourth-order valence-corrected chi connectivity index (χ4v) is 3.58. The van der Waals surface area contributed by atoms with Crippen LogP contribution in [0.1, 0.15) is 16.8 Å². The van der Waals surface area contributed by atoms with Crippen molar-refractivity contribution in [2.24, 2.45) is 19.8 Å². The maximum Gasteiger partial charge on any atom is 0.417 e. The standard InChI is InChI=1S/C22H19F3N10O2/c1-28-18-16(29-4-5-30-18)14(8-27)37-15-9-31-19-17(12(15)7-26)35(3)21(33-19)32-13-6-11(22(23,24)25)10-34(2)20(13)36/h4-6,8-10H,1-3H3,(H4,27,28,29,30,31,32,33)/p+1. The number of nitrogens with zero attached hydrogens (tertiary/aromatic N) is 6. The number of H-pyrrole nitrogens is 1. The van der Waals surface area contributed by atoms with Crippen molar-refractivity contribution >= 4 is 34.4 Å². The summed E-state index contributed by atoms with van der Waals surface area (Å²) in [6.07, 6.45) is 1.41. The Morgan fingerprint density at radius 3 is 2.70 bits per heavy atom. The number of nitriles is 1. The molecule has 0 fully saturated rings. The molecule has 0 aliphatic carbocycles. The van der Waals surface area contributed by atoms with Crippen LogP contribution in [0.15, 0.2) is 41.8 Å². The molecule has 4 aromatic heterocycles. The van der Waals surface area contributed by atoms with Gasteiger partial charge in [0.1, 0.15) is 17.3 Å². The van der Waals surface area contributed by atoms with Crippen molar-refractivity contribution in [2.75, 3.05) is 17.7 Å². The van der Waals surface area contributed by atoms with Crippen molar-refractivity contribution in [3.8, 4) is 11.8 Å². The van der Waals surface area contributed by atoms with Crippen LogP contribution < -0.4 is 31.2 Å². The number of rotatable bonds is 6. The molecule has 0 atom stereocenters. The molecule has 0 saturated heterocycles. The van der Waals surface area contributed by atoms with Crippen LogP contribution in [-0.4, -0.2) is 31.6 Å². The molecule has 0 aliphatic heterocycles. The van der Waals surface area contributed by atoms with Gasteiger partial charge in [0.2, 0.25) is 5.65 Å². The minimum absolute atomic E-state index is 0.0375. The van der Waals surface area contributed by atoms with E-state index in [-0.39, 0.29) is 45.6 Å². The minimum Gasteiger partial charge on any atom is -0.450 e. The third-order valence-electron chi connectivity index (χ3n) is 5.34. The summed E-state index contributed by atoms with van der Waals surface area (Å²) in [6.45, 7) is 0. The normalized spacial score (nSPS) is 11.9. The van der Waals surface area contributed by atoms with Gasteiger partial charge < -0.3 is 20.4 Å². The number of aromatic nitrogens is 6. The first kappa shape index (κ1) is 25.0. The van der Waals surface area contributed by atoms with Crippen molar-refractivity contribution < 1.29 is 22.5 Å². The quantitative estimate of drug-likeness (QED) is 0.223. The Hall–Kier alpha value is -5.13. The fraction of sp³-hybridized carbons (Fsp3) is 0.182. The maximum atomic E-state index is 13.3. The van der Waals surface area contributed by atoms with E-state index in [1.807, 2.05) is 6.07 Å². The average molecular weight is 513 g/mol. The first-order valence-corrected chi connectivity index (χ1v) is 10.5. The van der Waals surface area contributed by atoms with Gasteiger partial charge in [-0.2, -0.15) is 18.4 Å². The molecular formula is C22H20F3N10O2+. The predicted octanol–water partition coefficient (Wildman–Crippen LogP) is 1.89. The molecule has 37 heavy (non-hydrogen) atoms. The molecular weight excluding hydrogens is 493 g/mol. The Kier molecular flexibility index (Phi) is 6.41. The number of halogens is 3. The van der Waals surface area contributed by atoms with Crippen LogP contribution in [0, 0.1) is 11.3 Å². The van der Waals surface area contributed by atoms with Crippen LogP contribution in [0.3, 0.4) is 0 Å². The van der Waals surface area contributed by atoms with E-state index >= 15 is 0 Å². The van der Waals surface area contributed by atoms with Gasteiger partial charge in [0, 0.05) is 38.9 Å². The van der Waals surface area contributed by atoms with Gasteiger partial charge in [0.15, 0.2) is 28.5 Å². The van der Waals surface area contributed by atoms with E-state index in [4.69, 9.17) is 10.5 Å². The summed E-state index contributed by atoms with van der Waals surface area (Å²) in [4.78, 5) is 28.0. The van der Waals surface area contributed by atoms with Crippen LogP contribution >= 0.6 is 0 Å². The Bertz CT molecular complexity index is 1630. The van der Waals surface area contributed by atoms with Crippen LogP contribution in [0.4, 0.5) is 30.6 Å². The molecule has 0 spiro atoms. The van der Waals surface area contributed by atoms with E-state index in [9.17, 15) is 23.2 Å². The molecule has 0 aliphatic rings. The van der Waals surface area contributed by atoms with Crippen LogP contribution in [0.5, 0.6) is 5.75 Å². The molecule has 0 aromatic carbocycles. The number of ether oxygens (including phenoxy) is 1. The number of hydrogen-bond donors (Lipinski definition) is 4. The SMILES string of the molecule is CNc1nccnc1/C(=C\N)Oc1cnc2[nH]c(Nc3cc(C(F)(F)F)cn(C)c3=O)[n+](C)c2c1C#N. The highest BCUT2D eigenvalue weighted by Gasteiger charge is 2.33. The highest BCUT2D eigenvalue weighted by molar-refractivity contribution is 5.80. The highest BCUT2D eigenvalue weighted by Crippen LogP contribution is 2.31. The van der Waals surface area contributed by atoms with Gasteiger partial charge in [0.05, 0.1) is 18.8 Å². The molecule has 0 bridgehead atoms. The van der Waals surface area contributed by atoms with Gasteiger partial charge in [0.25, 0.3) is 5.56 Å². The van der Waals surface area contributed by atoms with Crippen molar-refractivity contribution in [2.45, 2.75) is 6.18 Å². The van der Waals surface area contributed by atoms with E-state index < -0.39 is 17.3 Å². The van der Waals surface area contributed by atoms with Crippen LogP contribution in [-0.2, 0) is 20.3 Å². The lowest BCUT2D eigenvalue weighted by atomic mass is 10.2. The van der Waals surface area contributed by atoms with E-state index in [2.05, 4.69) is 30.6 Å². The molecule has 4 heterocycles. The molecule has 5 N–H and O–H groups in total. The monoisotopic (exact) mass is 513 g/mol. The molecule has 12 nitrogen and oxygen atoms in total. The summed E-state index contributed by atoms with van der Waals surface area (Å²) in [7, 11) is 4.39. The van der Waals surface area contributed by atoms with E-state index in [0.29, 0.717) is 18.1 Å². The minimum atomic E-state index is -4.66. The first-order valence-electron chi connectivity index (χ1n) is 10.5. The van der Waals surface area contributed by atoms with Crippen molar-refractivity contribution in [1.29, 1.82) is 5.26 Å². The molecule has 0 radical (unpaired) electrons. The Morgan fingerprint density at radius 1 is 1.32 bits per heavy atom. The number of hydrogen-bond acceptors (Lipinski definition) is 9. The van der Waals surface area contributed by atoms with Gasteiger partial charge in [-0.05, 0) is 6.07 Å². The summed E-state index contributed by atoms with van der Waals surface area (Å²) in [5.74, 6) is 0.622. The van der Waals surface area contributed by atoms with Crippen LogP contribution in [0.25, 0.3) is 16.9 Å². The lowest BCUT2D eigenvalue weighted by Crippen LogP contribution is -2.32. The molecule has 4 rings (SSSR count). The number of nitrogens with one attached hydrogen (secondary N) is 3. The number of aromatic amines is 1. The number of imidazole rings is 1. The lowest BCUT2D eigenvalue weighted by molar-refractivity contribution is -0.629. The highest BCUT2D eigenvalue weighted by atomic mass is 19.4. The molecule has 0 unspecified atom stereocenters. The number of aryl methyl sites for hydroxylation is 2. The Balaban J connectivity index is 1.78. The van der Waals surface area contributed by atoms with Crippen molar-refractivity contribution in [1.82, 2.24) is 24.5 Å². The lowest BCUT2D eigenvalue weighted by Gasteiger charge is -2.12. The summed E-state index contributed by atoms with van der Waals surface area (Å²) in [5.41, 5.74) is 4.54. The molecule has 0 saturated carbocycles. The number of fused-ring (bicyclic) bond motifs is 1.